The predicted octanol–water partition coefficient (Wildman–Crippen LogP) is 3.76. The van der Waals surface area contributed by atoms with Crippen LogP contribution in [0, 0.1) is 0 Å². The van der Waals surface area contributed by atoms with Crippen molar-refractivity contribution in [2.75, 3.05) is 13.1 Å². The van der Waals surface area contributed by atoms with Gasteiger partial charge in [0.05, 0.1) is 0 Å². The van der Waals surface area contributed by atoms with Gasteiger partial charge in [-0.15, -0.1) is 0 Å². The van der Waals surface area contributed by atoms with Crippen molar-refractivity contribution in [1.29, 1.82) is 0 Å². The van der Waals surface area contributed by atoms with Crippen molar-refractivity contribution in [3.63, 3.8) is 0 Å². The number of fused-ring (bicyclic) bond motifs is 1. The number of aromatic nitrogens is 1. The lowest BCUT2D eigenvalue weighted by Gasteiger charge is -2.31. The summed E-state index contributed by atoms with van der Waals surface area (Å²) in [5, 5.41) is 1.29. The smallest absolute Gasteiger partial charge is 0.246 e. The Balaban J connectivity index is 1.46. The minimum absolute atomic E-state index is 0.121. The van der Waals surface area contributed by atoms with E-state index in [0.29, 0.717) is 6.54 Å². The van der Waals surface area contributed by atoms with Crippen LogP contribution in [0.5, 0.6) is 0 Å². The van der Waals surface area contributed by atoms with Crippen molar-refractivity contribution in [2.24, 2.45) is 0 Å². The maximum atomic E-state index is 13.3. The number of nitrogens with zero attached hydrogens (tertiary/aromatic N) is 3. The van der Waals surface area contributed by atoms with E-state index in [9.17, 15) is 9.59 Å². The summed E-state index contributed by atoms with van der Waals surface area (Å²) in [6, 6.07) is 10.8. The molecule has 2 aliphatic heterocycles. The number of aryl methyl sites for hydroxylation is 2. The van der Waals surface area contributed by atoms with E-state index < -0.39 is 0 Å². The normalized spacial score (nSPS) is 21.8. The zero-order valence-electron chi connectivity index (χ0n) is 17.3. The Morgan fingerprint density at radius 2 is 1.90 bits per heavy atom. The second-order valence-corrected chi connectivity index (χ2v) is 8.20. The summed E-state index contributed by atoms with van der Waals surface area (Å²) >= 11 is 0. The van der Waals surface area contributed by atoms with Crippen LogP contribution in [0.2, 0.25) is 0 Å². The molecule has 0 bridgehead atoms. The van der Waals surface area contributed by atoms with Crippen molar-refractivity contribution < 1.29 is 9.59 Å². The molecular formula is C24H31N3O2. The Kier molecular flexibility index (Phi) is 5.74. The summed E-state index contributed by atoms with van der Waals surface area (Å²) in [5.41, 5.74) is 2.63. The summed E-state index contributed by atoms with van der Waals surface area (Å²) in [7, 11) is 0. The molecular weight excluding hydrogens is 362 g/mol. The molecule has 0 radical (unpaired) electrons. The van der Waals surface area contributed by atoms with Gasteiger partial charge in [-0.2, -0.15) is 0 Å². The first-order valence-electron chi connectivity index (χ1n) is 10.9. The molecule has 5 heteroatoms. The Morgan fingerprint density at radius 3 is 2.69 bits per heavy atom. The highest BCUT2D eigenvalue weighted by Gasteiger charge is 2.39. The zero-order chi connectivity index (χ0) is 20.4. The average molecular weight is 394 g/mol. The molecule has 0 spiro atoms. The SMILES string of the molecule is C=CC(=O)N1CCC[C@@H]1C(=O)N1CCC[C@H]1CCc1cc2ccccc2n1CC. The number of amides is 2. The molecule has 154 valence electrons. The van der Waals surface area contributed by atoms with Gasteiger partial charge in [-0.1, -0.05) is 24.8 Å². The molecule has 2 aromatic rings. The number of benzene rings is 1. The number of carbonyl (C=O) groups excluding carboxylic acids is 2. The van der Waals surface area contributed by atoms with E-state index in [2.05, 4.69) is 53.3 Å². The number of hydrogen-bond donors (Lipinski definition) is 0. The third-order valence-corrected chi connectivity index (χ3v) is 6.60. The first-order valence-corrected chi connectivity index (χ1v) is 10.9. The Morgan fingerprint density at radius 1 is 1.14 bits per heavy atom. The summed E-state index contributed by atoms with van der Waals surface area (Å²) in [6.07, 6.45) is 7.05. The van der Waals surface area contributed by atoms with E-state index in [1.807, 2.05) is 0 Å². The molecule has 1 aromatic heterocycles. The number of carbonyl (C=O) groups is 2. The largest absolute Gasteiger partial charge is 0.345 e. The number of rotatable bonds is 6. The maximum Gasteiger partial charge on any atom is 0.246 e. The van der Waals surface area contributed by atoms with E-state index in [0.717, 1.165) is 51.6 Å². The topological polar surface area (TPSA) is 45.6 Å². The van der Waals surface area contributed by atoms with Gasteiger partial charge >= 0.3 is 0 Å². The molecule has 2 atom stereocenters. The highest BCUT2D eigenvalue weighted by molar-refractivity contribution is 5.93. The molecule has 4 rings (SSSR count). The molecule has 0 aliphatic carbocycles. The van der Waals surface area contributed by atoms with E-state index >= 15 is 0 Å². The third-order valence-electron chi connectivity index (χ3n) is 6.60. The fourth-order valence-corrected chi connectivity index (χ4v) is 5.18. The molecule has 2 amide bonds. The fourth-order valence-electron chi connectivity index (χ4n) is 5.18. The standard InChI is InChI=1S/C24H31N3O2/c1-3-23(28)27-16-8-12-22(27)24(29)26-15-7-10-19(26)13-14-20-17-18-9-5-6-11-21(18)25(20)4-2/h3,5-6,9,11,17,19,22H,1,4,7-8,10,12-16H2,2H3/t19-,22+/m0/s1. The second kappa shape index (κ2) is 8.44. The number of para-hydroxylation sites is 1. The van der Waals surface area contributed by atoms with Gasteiger partial charge in [0.15, 0.2) is 0 Å². The molecule has 0 N–H and O–H groups in total. The molecule has 29 heavy (non-hydrogen) atoms. The molecule has 2 fully saturated rings. The second-order valence-electron chi connectivity index (χ2n) is 8.20. The monoisotopic (exact) mass is 393 g/mol. The zero-order valence-corrected chi connectivity index (χ0v) is 17.3. The van der Waals surface area contributed by atoms with Gasteiger partial charge in [-0.3, -0.25) is 9.59 Å². The Labute approximate surface area is 173 Å². The van der Waals surface area contributed by atoms with Gasteiger partial charge in [-0.05, 0) is 69.0 Å². The fraction of sp³-hybridized carbons (Fsp3) is 0.500. The van der Waals surface area contributed by atoms with Gasteiger partial charge in [0.25, 0.3) is 0 Å². The van der Waals surface area contributed by atoms with E-state index in [4.69, 9.17) is 0 Å². The van der Waals surface area contributed by atoms with Crippen LogP contribution in [0.4, 0.5) is 0 Å². The summed E-state index contributed by atoms with van der Waals surface area (Å²) in [4.78, 5) is 29.1. The van der Waals surface area contributed by atoms with E-state index in [-0.39, 0.29) is 23.9 Å². The Hall–Kier alpha value is -2.56. The van der Waals surface area contributed by atoms with Gasteiger partial charge < -0.3 is 14.4 Å². The summed E-state index contributed by atoms with van der Waals surface area (Å²) < 4.78 is 2.39. The molecule has 2 aliphatic rings. The van der Waals surface area contributed by atoms with Crippen molar-refractivity contribution in [3.8, 4) is 0 Å². The van der Waals surface area contributed by atoms with Crippen LogP contribution in [0.15, 0.2) is 43.0 Å². The van der Waals surface area contributed by atoms with Crippen LogP contribution in [0.25, 0.3) is 10.9 Å². The first kappa shape index (κ1) is 19.7. The van der Waals surface area contributed by atoms with E-state index in [1.165, 1.54) is 22.7 Å². The van der Waals surface area contributed by atoms with Crippen molar-refractivity contribution in [3.05, 3.63) is 48.7 Å². The van der Waals surface area contributed by atoms with Crippen LogP contribution < -0.4 is 0 Å². The summed E-state index contributed by atoms with van der Waals surface area (Å²) in [5.74, 6) is 0.0142. The van der Waals surface area contributed by atoms with Crippen LogP contribution in [-0.2, 0) is 22.6 Å². The molecule has 1 aromatic carbocycles. The van der Waals surface area contributed by atoms with Crippen LogP contribution in [-0.4, -0.2) is 51.4 Å². The van der Waals surface area contributed by atoms with Gasteiger partial charge in [0.1, 0.15) is 6.04 Å². The van der Waals surface area contributed by atoms with E-state index in [1.54, 1.807) is 4.90 Å². The molecule has 0 saturated carbocycles. The molecule has 3 heterocycles. The average Bonchev–Trinajstić information content (AvgIpc) is 3.48. The van der Waals surface area contributed by atoms with Crippen LogP contribution in [0.3, 0.4) is 0 Å². The highest BCUT2D eigenvalue weighted by atomic mass is 16.2. The minimum Gasteiger partial charge on any atom is -0.345 e. The number of hydrogen-bond acceptors (Lipinski definition) is 2. The molecule has 5 nitrogen and oxygen atoms in total. The third kappa shape index (κ3) is 3.70. The predicted molar refractivity (Wildman–Crippen MR) is 116 cm³/mol. The van der Waals surface area contributed by atoms with Crippen molar-refractivity contribution in [1.82, 2.24) is 14.4 Å². The van der Waals surface area contributed by atoms with Gasteiger partial charge in [0, 0.05) is 36.9 Å². The van der Waals surface area contributed by atoms with Crippen molar-refractivity contribution >= 4 is 22.7 Å². The van der Waals surface area contributed by atoms with Crippen LogP contribution >= 0.6 is 0 Å². The lowest BCUT2D eigenvalue weighted by atomic mass is 10.1. The summed E-state index contributed by atoms with van der Waals surface area (Å²) in [6.45, 7) is 8.21. The van der Waals surface area contributed by atoms with Crippen molar-refractivity contribution in [2.45, 2.75) is 64.1 Å². The lowest BCUT2D eigenvalue weighted by molar-refractivity contribution is -0.142. The number of likely N-dealkylation sites (tertiary alicyclic amines) is 2. The molecule has 0 unspecified atom stereocenters. The van der Waals surface area contributed by atoms with Crippen LogP contribution in [0.1, 0.15) is 44.7 Å². The molecule has 2 saturated heterocycles. The quantitative estimate of drug-likeness (QED) is 0.702. The highest BCUT2D eigenvalue weighted by Crippen LogP contribution is 2.28. The lowest BCUT2D eigenvalue weighted by Crippen LogP contribution is -2.49. The Bertz CT molecular complexity index is 916. The maximum absolute atomic E-state index is 13.3. The van der Waals surface area contributed by atoms with Gasteiger partial charge in [0.2, 0.25) is 11.8 Å². The minimum atomic E-state index is -0.303. The van der Waals surface area contributed by atoms with Gasteiger partial charge in [-0.25, -0.2) is 0 Å². The first-order chi connectivity index (χ1) is 14.1.